The fraction of sp³-hybridized carbons (Fsp3) is 0.200. The molecule has 0 saturated heterocycles. The number of aromatic hydroxyl groups is 1. The van der Waals surface area contributed by atoms with Gasteiger partial charge in [-0.1, -0.05) is 0 Å². The lowest BCUT2D eigenvalue weighted by molar-refractivity contribution is 0.468. The highest BCUT2D eigenvalue weighted by atomic mass is 79.9. The van der Waals surface area contributed by atoms with Crippen LogP contribution in [0, 0.1) is 0 Å². The minimum absolute atomic E-state index is 0.165. The average molecular weight is 381 g/mol. The van der Waals surface area contributed by atoms with Gasteiger partial charge in [-0.05, 0) is 68.7 Å². The van der Waals surface area contributed by atoms with Crippen LogP contribution in [-0.4, -0.2) is 23.0 Å². The number of hydrogen-bond donors (Lipinski definition) is 3. The van der Waals surface area contributed by atoms with E-state index in [1.807, 2.05) is 6.92 Å². The van der Waals surface area contributed by atoms with Crippen molar-refractivity contribution in [1.29, 1.82) is 0 Å². The Morgan fingerprint density at radius 3 is 2.59 bits per heavy atom. The van der Waals surface area contributed by atoms with Crippen LogP contribution in [0.5, 0.6) is 5.75 Å². The first-order valence-corrected chi connectivity index (χ1v) is 6.79. The minimum Gasteiger partial charge on any atom is -0.506 e. The fourth-order valence-corrected chi connectivity index (χ4v) is 2.44. The van der Waals surface area contributed by atoms with E-state index in [1.54, 1.807) is 18.3 Å². The Labute approximate surface area is 122 Å². The number of hydrogen-bond acceptors (Lipinski definition) is 3. The first-order valence-electron chi connectivity index (χ1n) is 4.79. The minimum atomic E-state index is 0.165. The average Bonchev–Trinajstić information content (AvgIpc) is 2.26. The monoisotopic (exact) mass is 379 g/mol. The number of thiocarbonyl (C=S) groups is 1. The lowest BCUT2D eigenvalue weighted by atomic mass is 10.2. The molecule has 1 aromatic rings. The van der Waals surface area contributed by atoms with Crippen molar-refractivity contribution in [2.75, 3.05) is 6.54 Å². The second-order valence-corrected chi connectivity index (χ2v) is 5.18. The normalized spacial score (nSPS) is 10.5. The number of phenols is 1. The third kappa shape index (κ3) is 4.61. The summed E-state index contributed by atoms with van der Waals surface area (Å²) in [5.41, 5.74) is 3.51. The van der Waals surface area contributed by atoms with Crippen LogP contribution in [0.2, 0.25) is 0 Å². The first-order chi connectivity index (χ1) is 8.04. The number of hydrazone groups is 1. The zero-order valence-electron chi connectivity index (χ0n) is 9.00. The van der Waals surface area contributed by atoms with Crippen LogP contribution in [0.1, 0.15) is 12.5 Å². The summed E-state index contributed by atoms with van der Waals surface area (Å²) < 4.78 is 1.20. The van der Waals surface area contributed by atoms with Crippen molar-refractivity contribution in [2.45, 2.75) is 6.92 Å². The summed E-state index contributed by atoms with van der Waals surface area (Å²) in [5.74, 6) is 0.165. The molecule has 0 atom stereocenters. The number of rotatable bonds is 3. The van der Waals surface area contributed by atoms with Gasteiger partial charge in [0.1, 0.15) is 5.75 Å². The van der Waals surface area contributed by atoms with Crippen molar-refractivity contribution in [2.24, 2.45) is 5.10 Å². The quantitative estimate of drug-likeness (QED) is 0.428. The largest absolute Gasteiger partial charge is 0.506 e. The van der Waals surface area contributed by atoms with E-state index in [4.69, 9.17) is 12.2 Å². The summed E-state index contributed by atoms with van der Waals surface area (Å²) in [5, 5.41) is 16.9. The summed E-state index contributed by atoms with van der Waals surface area (Å²) in [4.78, 5) is 0. The summed E-state index contributed by atoms with van der Waals surface area (Å²) in [6.45, 7) is 2.70. The van der Waals surface area contributed by atoms with Gasteiger partial charge in [-0.25, -0.2) is 0 Å². The first kappa shape index (κ1) is 14.4. The zero-order valence-corrected chi connectivity index (χ0v) is 13.0. The Morgan fingerprint density at radius 2 is 2.06 bits per heavy atom. The molecule has 0 aromatic heterocycles. The Morgan fingerprint density at radius 1 is 1.47 bits per heavy atom. The number of halogens is 2. The van der Waals surface area contributed by atoms with E-state index in [1.165, 1.54) is 0 Å². The van der Waals surface area contributed by atoms with Crippen LogP contribution >= 0.6 is 44.1 Å². The van der Waals surface area contributed by atoms with Crippen LogP contribution < -0.4 is 10.7 Å². The van der Waals surface area contributed by atoms with Gasteiger partial charge in [0, 0.05) is 6.54 Å². The van der Waals surface area contributed by atoms with Crippen LogP contribution in [-0.2, 0) is 0 Å². The highest BCUT2D eigenvalue weighted by molar-refractivity contribution is 9.11. The van der Waals surface area contributed by atoms with Crippen molar-refractivity contribution >= 4 is 55.4 Å². The molecule has 0 spiro atoms. The Kier molecular flexibility index (Phi) is 5.87. The molecule has 0 bridgehead atoms. The summed E-state index contributed by atoms with van der Waals surface area (Å²) in [6.07, 6.45) is 1.61. The number of benzene rings is 1. The third-order valence-electron chi connectivity index (χ3n) is 1.76. The fourth-order valence-electron chi connectivity index (χ4n) is 1.03. The van der Waals surface area contributed by atoms with Gasteiger partial charge in [0.05, 0.1) is 15.2 Å². The molecule has 17 heavy (non-hydrogen) atoms. The molecule has 0 amide bonds. The Balaban J connectivity index is 2.69. The summed E-state index contributed by atoms with van der Waals surface area (Å²) in [6, 6.07) is 3.50. The molecule has 0 fully saturated rings. The molecule has 0 aliphatic rings. The van der Waals surface area contributed by atoms with Crippen molar-refractivity contribution in [1.82, 2.24) is 10.7 Å². The topological polar surface area (TPSA) is 56.7 Å². The molecule has 3 N–H and O–H groups in total. The smallest absolute Gasteiger partial charge is 0.186 e. The SMILES string of the molecule is CCNC(=S)NN=Cc1cc(Br)c(O)c(Br)c1. The molecule has 0 radical (unpaired) electrons. The van der Waals surface area contributed by atoms with E-state index in [0.717, 1.165) is 12.1 Å². The van der Waals surface area contributed by atoms with Crippen molar-refractivity contribution in [3.05, 3.63) is 26.6 Å². The predicted molar refractivity (Wildman–Crippen MR) is 80.5 cm³/mol. The molecule has 92 valence electrons. The molecule has 0 unspecified atom stereocenters. The third-order valence-corrected chi connectivity index (χ3v) is 3.20. The molecular weight excluding hydrogens is 370 g/mol. The van der Waals surface area contributed by atoms with Crippen LogP contribution in [0.15, 0.2) is 26.2 Å². The zero-order chi connectivity index (χ0) is 12.8. The van der Waals surface area contributed by atoms with Crippen LogP contribution in [0.3, 0.4) is 0 Å². The van der Waals surface area contributed by atoms with Crippen LogP contribution in [0.25, 0.3) is 0 Å². The molecule has 0 aliphatic carbocycles. The van der Waals surface area contributed by atoms with Crippen molar-refractivity contribution in [3.8, 4) is 5.75 Å². The lowest BCUT2D eigenvalue weighted by Crippen LogP contribution is -2.31. The van der Waals surface area contributed by atoms with E-state index in [2.05, 4.69) is 47.7 Å². The van der Waals surface area contributed by atoms with E-state index < -0.39 is 0 Å². The predicted octanol–water partition coefficient (Wildman–Crippen LogP) is 2.74. The van der Waals surface area contributed by atoms with Crippen LogP contribution in [0.4, 0.5) is 0 Å². The van der Waals surface area contributed by atoms with Gasteiger partial charge in [0.25, 0.3) is 0 Å². The molecule has 0 aliphatic heterocycles. The highest BCUT2D eigenvalue weighted by Gasteiger charge is 2.04. The Hall–Kier alpha value is -0.660. The van der Waals surface area contributed by atoms with Gasteiger partial charge in [-0.3, -0.25) is 5.43 Å². The molecule has 1 rings (SSSR count). The highest BCUT2D eigenvalue weighted by Crippen LogP contribution is 2.32. The second kappa shape index (κ2) is 6.93. The maximum Gasteiger partial charge on any atom is 0.186 e. The molecule has 7 heteroatoms. The van der Waals surface area contributed by atoms with Gasteiger partial charge >= 0.3 is 0 Å². The summed E-state index contributed by atoms with van der Waals surface area (Å²) in [7, 11) is 0. The maximum absolute atomic E-state index is 9.53. The van der Waals surface area contributed by atoms with Gasteiger partial charge < -0.3 is 10.4 Å². The summed E-state index contributed by atoms with van der Waals surface area (Å²) >= 11 is 11.4. The van der Waals surface area contributed by atoms with Gasteiger partial charge in [-0.15, -0.1) is 0 Å². The van der Waals surface area contributed by atoms with Gasteiger partial charge in [0.15, 0.2) is 5.11 Å². The van der Waals surface area contributed by atoms with E-state index in [-0.39, 0.29) is 5.75 Å². The number of phenolic OH excluding ortho intramolecular Hbond substituents is 1. The molecule has 1 aromatic carbocycles. The van der Waals surface area contributed by atoms with Gasteiger partial charge in [0.2, 0.25) is 0 Å². The van der Waals surface area contributed by atoms with E-state index in [0.29, 0.717) is 14.1 Å². The van der Waals surface area contributed by atoms with Crippen molar-refractivity contribution in [3.63, 3.8) is 0 Å². The standard InChI is InChI=1S/C10H11Br2N3OS/c1-2-13-10(17)15-14-5-6-3-7(11)9(16)8(12)4-6/h3-5,16H,2H2,1H3,(H2,13,15,17). The number of nitrogens with one attached hydrogen (secondary N) is 2. The molecular formula is C10H11Br2N3OS. The maximum atomic E-state index is 9.53. The van der Waals surface area contributed by atoms with Crippen molar-refractivity contribution < 1.29 is 5.11 Å². The Bertz CT molecular complexity index is 428. The van der Waals surface area contributed by atoms with Gasteiger partial charge in [-0.2, -0.15) is 5.10 Å². The molecule has 4 nitrogen and oxygen atoms in total. The number of nitrogens with zero attached hydrogens (tertiary/aromatic N) is 1. The van der Waals surface area contributed by atoms with E-state index >= 15 is 0 Å². The molecule has 0 heterocycles. The lowest BCUT2D eigenvalue weighted by Gasteiger charge is -2.04. The molecule has 0 saturated carbocycles. The second-order valence-electron chi connectivity index (χ2n) is 3.06. The van der Waals surface area contributed by atoms with E-state index in [9.17, 15) is 5.11 Å².